The van der Waals surface area contributed by atoms with Crippen LogP contribution in [0, 0.1) is 5.92 Å². The van der Waals surface area contributed by atoms with Gasteiger partial charge in [0, 0.05) is 5.70 Å². The van der Waals surface area contributed by atoms with Crippen molar-refractivity contribution in [3.63, 3.8) is 0 Å². The van der Waals surface area contributed by atoms with Crippen molar-refractivity contribution in [1.82, 2.24) is 10.6 Å². The maximum atomic E-state index is 12.6. The summed E-state index contributed by atoms with van der Waals surface area (Å²) < 4.78 is 16.6. The number of ether oxygens (including phenoxy) is 3. The number of benzene rings is 1. The Morgan fingerprint density at radius 3 is 2.48 bits per heavy atom. The van der Waals surface area contributed by atoms with Gasteiger partial charge in [-0.05, 0) is 44.4 Å². The van der Waals surface area contributed by atoms with Gasteiger partial charge in [-0.3, -0.25) is 0 Å². The number of urea groups is 1. The van der Waals surface area contributed by atoms with Gasteiger partial charge in [0.1, 0.15) is 0 Å². The lowest BCUT2D eigenvalue weighted by molar-refractivity contribution is -0.143. The second-order valence-electron chi connectivity index (χ2n) is 7.14. The standard InChI is InChI=1S/C20H28N2O5/c1-11(2)10-26-15-8-7-14(9-16(15)25-6)18-17(19(23)27-12(3)4)13(5)21-20(24)22-18/h7-9,11-12,18H,10H2,1-6H3,(H2,21,22,24). The third kappa shape index (κ3) is 5.15. The van der Waals surface area contributed by atoms with E-state index in [1.807, 2.05) is 6.07 Å². The maximum Gasteiger partial charge on any atom is 0.338 e. The number of methoxy groups -OCH3 is 1. The zero-order chi connectivity index (χ0) is 20.1. The topological polar surface area (TPSA) is 85.9 Å². The minimum absolute atomic E-state index is 0.266. The van der Waals surface area contributed by atoms with Crippen molar-refractivity contribution in [3.05, 3.63) is 35.0 Å². The van der Waals surface area contributed by atoms with E-state index in [9.17, 15) is 9.59 Å². The first-order valence-corrected chi connectivity index (χ1v) is 9.02. The summed E-state index contributed by atoms with van der Waals surface area (Å²) in [6, 6.07) is 4.34. The summed E-state index contributed by atoms with van der Waals surface area (Å²) in [6.07, 6.45) is -0.266. The predicted octanol–water partition coefficient (Wildman–Crippen LogP) is 3.31. The van der Waals surface area contributed by atoms with Crippen molar-refractivity contribution in [3.8, 4) is 11.5 Å². The first-order chi connectivity index (χ1) is 12.7. The van der Waals surface area contributed by atoms with Gasteiger partial charge in [0.25, 0.3) is 0 Å². The van der Waals surface area contributed by atoms with E-state index < -0.39 is 12.0 Å². The zero-order valence-corrected chi connectivity index (χ0v) is 16.7. The molecule has 7 heteroatoms. The van der Waals surface area contributed by atoms with Gasteiger partial charge in [-0.1, -0.05) is 19.9 Å². The normalized spacial score (nSPS) is 16.9. The smallest absolute Gasteiger partial charge is 0.338 e. The lowest BCUT2D eigenvalue weighted by Crippen LogP contribution is -2.45. The second-order valence-corrected chi connectivity index (χ2v) is 7.14. The van der Waals surface area contributed by atoms with Crippen LogP contribution in [0.3, 0.4) is 0 Å². The number of hydrogen-bond donors (Lipinski definition) is 2. The predicted molar refractivity (Wildman–Crippen MR) is 102 cm³/mol. The zero-order valence-electron chi connectivity index (χ0n) is 16.7. The Labute approximate surface area is 160 Å². The first kappa shape index (κ1) is 20.6. The molecule has 0 saturated heterocycles. The summed E-state index contributed by atoms with van der Waals surface area (Å²) in [6.45, 7) is 9.92. The molecule has 2 rings (SSSR count). The number of esters is 1. The van der Waals surface area contributed by atoms with Crippen molar-refractivity contribution in [2.24, 2.45) is 5.92 Å². The fourth-order valence-corrected chi connectivity index (χ4v) is 2.73. The van der Waals surface area contributed by atoms with E-state index in [0.717, 1.165) is 0 Å². The molecule has 1 atom stereocenters. The van der Waals surface area contributed by atoms with Gasteiger partial charge in [-0.2, -0.15) is 0 Å². The van der Waals surface area contributed by atoms with Crippen LogP contribution >= 0.6 is 0 Å². The minimum atomic E-state index is -0.641. The van der Waals surface area contributed by atoms with Crippen LogP contribution in [-0.2, 0) is 9.53 Å². The molecule has 1 aliphatic rings. The molecule has 1 unspecified atom stereocenters. The Balaban J connectivity index is 2.39. The Morgan fingerprint density at radius 1 is 1.19 bits per heavy atom. The number of carbonyl (C=O) groups is 2. The molecule has 0 bridgehead atoms. The highest BCUT2D eigenvalue weighted by atomic mass is 16.5. The molecule has 1 aromatic carbocycles. The van der Waals surface area contributed by atoms with E-state index in [1.54, 1.807) is 40.0 Å². The lowest BCUT2D eigenvalue weighted by Gasteiger charge is -2.29. The maximum absolute atomic E-state index is 12.6. The molecule has 1 aliphatic heterocycles. The molecule has 0 saturated carbocycles. The molecule has 0 spiro atoms. The van der Waals surface area contributed by atoms with E-state index in [2.05, 4.69) is 24.5 Å². The Morgan fingerprint density at radius 2 is 1.89 bits per heavy atom. The van der Waals surface area contributed by atoms with Crippen LogP contribution < -0.4 is 20.1 Å². The molecule has 148 valence electrons. The van der Waals surface area contributed by atoms with Gasteiger partial charge in [-0.15, -0.1) is 0 Å². The molecule has 0 aromatic heterocycles. The van der Waals surface area contributed by atoms with Crippen molar-refractivity contribution >= 4 is 12.0 Å². The third-order valence-corrected chi connectivity index (χ3v) is 3.92. The van der Waals surface area contributed by atoms with Gasteiger partial charge < -0.3 is 24.8 Å². The van der Waals surface area contributed by atoms with E-state index in [1.165, 1.54) is 0 Å². The van der Waals surface area contributed by atoms with Crippen LogP contribution in [-0.4, -0.2) is 31.8 Å². The van der Waals surface area contributed by atoms with Crippen LogP contribution in [0.25, 0.3) is 0 Å². The molecular weight excluding hydrogens is 348 g/mol. The van der Waals surface area contributed by atoms with Gasteiger partial charge in [0.2, 0.25) is 0 Å². The van der Waals surface area contributed by atoms with Crippen molar-refractivity contribution < 1.29 is 23.8 Å². The average molecular weight is 376 g/mol. The highest BCUT2D eigenvalue weighted by Crippen LogP contribution is 2.34. The Kier molecular flexibility index (Phi) is 6.71. The molecule has 2 N–H and O–H groups in total. The molecule has 27 heavy (non-hydrogen) atoms. The third-order valence-electron chi connectivity index (χ3n) is 3.92. The van der Waals surface area contributed by atoms with Gasteiger partial charge in [0.15, 0.2) is 11.5 Å². The molecule has 2 amide bonds. The van der Waals surface area contributed by atoms with Crippen LogP contribution in [0.1, 0.15) is 46.2 Å². The van der Waals surface area contributed by atoms with Crippen LogP contribution in [0.5, 0.6) is 11.5 Å². The number of hydrogen-bond acceptors (Lipinski definition) is 5. The fraction of sp³-hybridized carbons (Fsp3) is 0.500. The summed E-state index contributed by atoms with van der Waals surface area (Å²) in [5.74, 6) is 1.05. The molecule has 0 fully saturated rings. The quantitative estimate of drug-likeness (QED) is 0.713. The van der Waals surface area contributed by atoms with Crippen LogP contribution in [0.4, 0.5) is 4.79 Å². The molecule has 1 heterocycles. The Bertz CT molecular complexity index is 740. The van der Waals surface area contributed by atoms with E-state index in [-0.39, 0.29) is 12.1 Å². The number of amides is 2. The Hall–Kier alpha value is -2.70. The van der Waals surface area contributed by atoms with Gasteiger partial charge in [-0.25, -0.2) is 9.59 Å². The number of carbonyl (C=O) groups excluding carboxylic acids is 2. The molecule has 0 aliphatic carbocycles. The molecular formula is C20H28N2O5. The summed E-state index contributed by atoms with van der Waals surface area (Å²) in [5.41, 5.74) is 1.53. The number of allylic oxidation sites excluding steroid dienone is 1. The molecule has 7 nitrogen and oxygen atoms in total. The second kappa shape index (κ2) is 8.79. The largest absolute Gasteiger partial charge is 0.493 e. The minimum Gasteiger partial charge on any atom is -0.493 e. The highest BCUT2D eigenvalue weighted by molar-refractivity contribution is 5.95. The SMILES string of the molecule is COc1cc(C2NC(=O)NC(C)=C2C(=O)OC(C)C)ccc1OCC(C)C. The van der Waals surface area contributed by atoms with Crippen molar-refractivity contribution in [2.75, 3.05) is 13.7 Å². The van der Waals surface area contributed by atoms with Crippen molar-refractivity contribution in [1.29, 1.82) is 0 Å². The average Bonchev–Trinajstić information content (AvgIpc) is 2.58. The van der Waals surface area contributed by atoms with Gasteiger partial charge >= 0.3 is 12.0 Å². The van der Waals surface area contributed by atoms with Crippen LogP contribution in [0.15, 0.2) is 29.5 Å². The number of rotatable bonds is 7. The summed E-state index contributed by atoms with van der Waals surface area (Å²) >= 11 is 0. The first-order valence-electron chi connectivity index (χ1n) is 9.02. The number of nitrogens with one attached hydrogen (secondary N) is 2. The summed E-state index contributed by atoms with van der Waals surface area (Å²) in [7, 11) is 1.55. The van der Waals surface area contributed by atoms with E-state index >= 15 is 0 Å². The molecule has 0 radical (unpaired) electrons. The monoisotopic (exact) mass is 376 g/mol. The summed E-state index contributed by atoms with van der Waals surface area (Å²) in [4.78, 5) is 24.6. The lowest BCUT2D eigenvalue weighted by atomic mass is 9.95. The van der Waals surface area contributed by atoms with E-state index in [0.29, 0.717) is 40.9 Å². The summed E-state index contributed by atoms with van der Waals surface area (Å²) in [5, 5.41) is 5.41. The molecule has 1 aromatic rings. The van der Waals surface area contributed by atoms with Crippen molar-refractivity contribution in [2.45, 2.75) is 46.8 Å². The fourth-order valence-electron chi connectivity index (χ4n) is 2.73. The van der Waals surface area contributed by atoms with E-state index in [4.69, 9.17) is 14.2 Å². The van der Waals surface area contributed by atoms with Gasteiger partial charge in [0.05, 0.1) is 31.4 Å². The van der Waals surface area contributed by atoms with Crippen LogP contribution in [0.2, 0.25) is 0 Å². The highest BCUT2D eigenvalue weighted by Gasteiger charge is 2.33.